The van der Waals surface area contributed by atoms with Crippen molar-refractivity contribution in [3.05, 3.63) is 71.0 Å². The molecule has 0 unspecified atom stereocenters. The summed E-state index contributed by atoms with van der Waals surface area (Å²) in [5.74, 6) is -0.372. The van der Waals surface area contributed by atoms with E-state index >= 15 is 0 Å². The molecular formula is C22H25FN2O3. The molecule has 28 heavy (non-hydrogen) atoms. The SMILES string of the molecule is CO[C@@H]1CNCCO[C@@H]1C(=O)N1CCc2ccccc2[C@@H]1c1ccc(F)cc1. The molecule has 148 valence electrons. The largest absolute Gasteiger partial charge is 0.377 e. The number of carbonyl (C=O) groups is 1. The molecule has 0 aliphatic carbocycles. The second-order valence-corrected chi connectivity index (χ2v) is 7.20. The molecule has 0 aromatic heterocycles. The number of hydrogen-bond acceptors (Lipinski definition) is 4. The van der Waals surface area contributed by atoms with Gasteiger partial charge < -0.3 is 19.7 Å². The van der Waals surface area contributed by atoms with Gasteiger partial charge in [0, 0.05) is 26.7 Å². The van der Waals surface area contributed by atoms with Gasteiger partial charge in [0.25, 0.3) is 5.91 Å². The van der Waals surface area contributed by atoms with E-state index in [9.17, 15) is 9.18 Å². The number of ether oxygens (including phenoxy) is 2. The van der Waals surface area contributed by atoms with Crippen LogP contribution < -0.4 is 5.32 Å². The Labute approximate surface area is 164 Å². The fourth-order valence-electron chi connectivity index (χ4n) is 4.13. The van der Waals surface area contributed by atoms with Crippen molar-refractivity contribution in [1.29, 1.82) is 0 Å². The van der Waals surface area contributed by atoms with Crippen molar-refractivity contribution in [3.63, 3.8) is 0 Å². The zero-order chi connectivity index (χ0) is 19.5. The lowest BCUT2D eigenvalue weighted by Crippen LogP contribution is -2.51. The Morgan fingerprint density at radius 1 is 1.21 bits per heavy atom. The minimum Gasteiger partial charge on any atom is -0.377 e. The quantitative estimate of drug-likeness (QED) is 0.882. The Hall–Kier alpha value is -2.28. The highest BCUT2D eigenvalue weighted by Crippen LogP contribution is 2.36. The van der Waals surface area contributed by atoms with E-state index in [1.54, 1.807) is 19.2 Å². The molecule has 6 heteroatoms. The van der Waals surface area contributed by atoms with Crippen LogP contribution in [0.2, 0.25) is 0 Å². The standard InChI is InChI=1S/C22H25FN2O3/c1-27-19-14-24-11-13-28-21(19)22(26)25-12-10-15-4-2-3-5-18(15)20(25)16-6-8-17(23)9-7-16/h2-9,19-21,24H,10-14H2,1H3/t19-,20+,21+/m1/s1. The van der Waals surface area contributed by atoms with E-state index in [4.69, 9.17) is 9.47 Å². The van der Waals surface area contributed by atoms with Crippen molar-refractivity contribution in [2.24, 2.45) is 0 Å². The van der Waals surface area contributed by atoms with Crippen molar-refractivity contribution in [3.8, 4) is 0 Å². The van der Waals surface area contributed by atoms with Gasteiger partial charge >= 0.3 is 0 Å². The first-order chi connectivity index (χ1) is 13.7. The summed E-state index contributed by atoms with van der Waals surface area (Å²) >= 11 is 0. The Morgan fingerprint density at radius 2 is 2.00 bits per heavy atom. The number of nitrogens with one attached hydrogen (secondary N) is 1. The third kappa shape index (κ3) is 3.68. The second-order valence-electron chi connectivity index (χ2n) is 7.20. The number of rotatable bonds is 3. The molecule has 2 aromatic rings. The fraction of sp³-hybridized carbons (Fsp3) is 0.409. The number of nitrogens with zero attached hydrogens (tertiary/aromatic N) is 1. The number of benzene rings is 2. The first-order valence-electron chi connectivity index (χ1n) is 9.68. The van der Waals surface area contributed by atoms with E-state index in [1.165, 1.54) is 17.7 Å². The molecule has 2 aliphatic rings. The lowest BCUT2D eigenvalue weighted by molar-refractivity contribution is -0.153. The van der Waals surface area contributed by atoms with Gasteiger partial charge in [-0.3, -0.25) is 4.79 Å². The molecule has 1 saturated heterocycles. The fourth-order valence-corrected chi connectivity index (χ4v) is 4.13. The molecule has 0 bridgehead atoms. The minimum atomic E-state index is -0.659. The highest BCUT2D eigenvalue weighted by atomic mass is 19.1. The summed E-state index contributed by atoms with van der Waals surface area (Å²) in [6.45, 7) is 2.30. The van der Waals surface area contributed by atoms with Crippen molar-refractivity contribution in [2.75, 3.05) is 33.4 Å². The van der Waals surface area contributed by atoms with Crippen LogP contribution in [-0.2, 0) is 20.7 Å². The average molecular weight is 384 g/mol. The van der Waals surface area contributed by atoms with Gasteiger partial charge in [-0.05, 0) is 35.2 Å². The van der Waals surface area contributed by atoms with Crippen molar-refractivity contribution in [2.45, 2.75) is 24.7 Å². The van der Waals surface area contributed by atoms with E-state index in [2.05, 4.69) is 11.4 Å². The Balaban J connectivity index is 1.72. The highest BCUT2D eigenvalue weighted by molar-refractivity contribution is 5.83. The van der Waals surface area contributed by atoms with Crippen LogP contribution in [0, 0.1) is 5.82 Å². The molecule has 0 radical (unpaired) electrons. The lowest BCUT2D eigenvalue weighted by Gasteiger charge is -2.40. The normalized spacial score (nSPS) is 25.1. The first kappa shape index (κ1) is 19.1. The summed E-state index contributed by atoms with van der Waals surface area (Å²) in [4.78, 5) is 15.4. The molecule has 5 nitrogen and oxygen atoms in total. The summed E-state index contributed by atoms with van der Waals surface area (Å²) < 4.78 is 24.9. The number of methoxy groups -OCH3 is 1. The molecule has 0 saturated carbocycles. The number of hydrogen-bond donors (Lipinski definition) is 1. The predicted octanol–water partition coefficient (Wildman–Crippen LogP) is 2.30. The van der Waals surface area contributed by atoms with Crippen molar-refractivity contribution in [1.82, 2.24) is 10.2 Å². The molecule has 1 N–H and O–H groups in total. The number of halogens is 1. The maximum absolute atomic E-state index is 13.6. The molecular weight excluding hydrogens is 359 g/mol. The van der Waals surface area contributed by atoms with Gasteiger partial charge in [-0.25, -0.2) is 4.39 Å². The summed E-state index contributed by atoms with van der Waals surface area (Å²) in [6.07, 6.45) is -0.225. The van der Waals surface area contributed by atoms with Crippen molar-refractivity contribution >= 4 is 5.91 Å². The van der Waals surface area contributed by atoms with Gasteiger partial charge in [-0.2, -0.15) is 0 Å². The van der Waals surface area contributed by atoms with Gasteiger partial charge in [0.05, 0.1) is 12.6 Å². The third-order valence-electron chi connectivity index (χ3n) is 5.56. The summed E-state index contributed by atoms with van der Waals surface area (Å²) in [5.41, 5.74) is 3.18. The van der Waals surface area contributed by atoms with E-state index in [0.717, 1.165) is 17.5 Å². The Bertz CT molecular complexity index is 827. The van der Waals surface area contributed by atoms with Crippen LogP contribution in [0.25, 0.3) is 0 Å². The monoisotopic (exact) mass is 384 g/mol. The molecule has 2 aliphatic heterocycles. The molecule has 4 rings (SSSR count). The summed E-state index contributed by atoms with van der Waals surface area (Å²) in [5, 5.41) is 3.24. The van der Waals surface area contributed by atoms with Crippen LogP contribution in [0.3, 0.4) is 0 Å². The molecule has 3 atom stereocenters. The smallest absolute Gasteiger partial charge is 0.255 e. The van der Waals surface area contributed by atoms with Crippen LogP contribution in [0.4, 0.5) is 4.39 Å². The Kier molecular flexibility index (Phi) is 5.71. The van der Waals surface area contributed by atoms with E-state index in [1.807, 2.05) is 23.1 Å². The topological polar surface area (TPSA) is 50.8 Å². The Morgan fingerprint density at radius 3 is 2.79 bits per heavy atom. The van der Waals surface area contributed by atoms with Gasteiger partial charge in [-0.1, -0.05) is 36.4 Å². The minimum absolute atomic E-state index is 0.0839. The van der Waals surface area contributed by atoms with Gasteiger partial charge in [0.15, 0.2) is 6.10 Å². The van der Waals surface area contributed by atoms with Crippen molar-refractivity contribution < 1.29 is 18.7 Å². The van der Waals surface area contributed by atoms with Gasteiger partial charge in [-0.15, -0.1) is 0 Å². The predicted molar refractivity (Wildman–Crippen MR) is 104 cm³/mol. The number of fused-ring (bicyclic) bond motifs is 1. The van der Waals surface area contributed by atoms with E-state index in [-0.39, 0.29) is 23.9 Å². The number of carbonyl (C=O) groups excluding carboxylic acids is 1. The molecule has 1 fully saturated rings. The lowest BCUT2D eigenvalue weighted by atomic mass is 9.87. The average Bonchev–Trinajstić information content (AvgIpc) is 2.98. The molecule has 2 aromatic carbocycles. The zero-order valence-electron chi connectivity index (χ0n) is 15.9. The van der Waals surface area contributed by atoms with Gasteiger partial charge in [0.1, 0.15) is 11.9 Å². The first-order valence-corrected chi connectivity index (χ1v) is 9.68. The zero-order valence-corrected chi connectivity index (χ0v) is 15.9. The van der Waals surface area contributed by atoms with E-state index in [0.29, 0.717) is 26.2 Å². The maximum atomic E-state index is 13.6. The molecule has 2 heterocycles. The van der Waals surface area contributed by atoms with Crippen LogP contribution in [0.1, 0.15) is 22.7 Å². The second kappa shape index (κ2) is 8.39. The summed E-state index contributed by atoms with van der Waals surface area (Å²) in [7, 11) is 1.60. The highest BCUT2D eigenvalue weighted by Gasteiger charge is 2.39. The van der Waals surface area contributed by atoms with Crippen LogP contribution >= 0.6 is 0 Å². The van der Waals surface area contributed by atoms with Crippen LogP contribution in [-0.4, -0.2) is 56.4 Å². The third-order valence-corrected chi connectivity index (χ3v) is 5.56. The van der Waals surface area contributed by atoms with E-state index < -0.39 is 6.10 Å². The number of amides is 1. The van der Waals surface area contributed by atoms with Crippen LogP contribution in [0.5, 0.6) is 0 Å². The summed E-state index contributed by atoms with van der Waals surface area (Å²) in [6, 6.07) is 14.3. The molecule has 0 spiro atoms. The van der Waals surface area contributed by atoms with Gasteiger partial charge in [0.2, 0.25) is 0 Å². The molecule has 1 amide bonds. The maximum Gasteiger partial charge on any atom is 0.255 e. The van der Waals surface area contributed by atoms with Crippen LogP contribution in [0.15, 0.2) is 48.5 Å².